The van der Waals surface area contributed by atoms with E-state index in [0.717, 1.165) is 18.2 Å². The van der Waals surface area contributed by atoms with Gasteiger partial charge in [-0.2, -0.15) is 18.3 Å². The van der Waals surface area contributed by atoms with E-state index in [1.807, 2.05) is 49.3 Å². The Hall–Kier alpha value is -5.30. The second-order valence-electron chi connectivity index (χ2n) is 10.9. The van der Waals surface area contributed by atoms with Crippen LogP contribution in [-0.4, -0.2) is 70.6 Å². The summed E-state index contributed by atoms with van der Waals surface area (Å²) in [4.78, 5) is 47.9. The van der Waals surface area contributed by atoms with Crippen LogP contribution < -0.4 is 15.5 Å². The first-order valence-corrected chi connectivity index (χ1v) is 14.5. The second-order valence-corrected chi connectivity index (χ2v) is 10.9. The standard InChI is InChI=1S/C33H32F3N7O3/c1-4-42-31-26(20-38-43(31)25-12-6-5-7-13-25)28(22-17-24(19-37-18-22)39-27(44)14-9-15-41(2)3)29(32(42)46)40-30(45)21-10-8-11-23(16-21)33(34,35)36/h5-14,16-20,28-29H,4,15H2,1-3H3,(H,39,44)(H,40,45)/b14-9+/t28-,29+/m1/s1. The first-order valence-electron chi connectivity index (χ1n) is 14.5. The van der Waals surface area contributed by atoms with E-state index in [9.17, 15) is 27.6 Å². The molecule has 0 spiro atoms. The van der Waals surface area contributed by atoms with E-state index < -0.39 is 35.5 Å². The summed E-state index contributed by atoms with van der Waals surface area (Å²) in [5.41, 5.74) is 0.865. The van der Waals surface area contributed by atoms with Crippen LogP contribution in [0.2, 0.25) is 0 Å². The van der Waals surface area contributed by atoms with Crippen molar-refractivity contribution >= 4 is 29.2 Å². The van der Waals surface area contributed by atoms with Crippen molar-refractivity contribution in [2.24, 2.45) is 0 Å². The van der Waals surface area contributed by atoms with E-state index in [-0.39, 0.29) is 18.0 Å². The molecule has 13 heteroatoms. The third kappa shape index (κ3) is 6.84. The highest BCUT2D eigenvalue weighted by atomic mass is 19.4. The van der Waals surface area contributed by atoms with E-state index in [0.29, 0.717) is 34.9 Å². The molecule has 0 fully saturated rings. The van der Waals surface area contributed by atoms with E-state index in [2.05, 4.69) is 20.7 Å². The molecule has 0 aliphatic carbocycles. The van der Waals surface area contributed by atoms with Crippen molar-refractivity contribution in [1.82, 2.24) is 25.0 Å². The molecule has 2 aromatic carbocycles. The Morgan fingerprint density at radius 3 is 2.48 bits per heavy atom. The van der Waals surface area contributed by atoms with Crippen LogP contribution in [-0.2, 0) is 15.8 Å². The molecule has 46 heavy (non-hydrogen) atoms. The van der Waals surface area contributed by atoms with E-state index >= 15 is 0 Å². The Balaban J connectivity index is 1.58. The molecule has 0 saturated heterocycles. The van der Waals surface area contributed by atoms with Gasteiger partial charge in [-0.15, -0.1) is 0 Å². The number of aromatic nitrogens is 3. The fraction of sp³-hybridized carbons (Fsp3) is 0.242. The summed E-state index contributed by atoms with van der Waals surface area (Å²) in [6.45, 7) is 2.56. The fourth-order valence-electron chi connectivity index (χ4n) is 5.33. The van der Waals surface area contributed by atoms with Crippen LogP contribution in [0, 0.1) is 0 Å². The van der Waals surface area contributed by atoms with Crippen LogP contribution in [0.5, 0.6) is 0 Å². The number of anilines is 2. The van der Waals surface area contributed by atoms with Crippen molar-refractivity contribution in [3.63, 3.8) is 0 Å². The average molecular weight is 632 g/mol. The quantitative estimate of drug-likeness (QED) is 0.261. The van der Waals surface area contributed by atoms with Gasteiger partial charge >= 0.3 is 6.18 Å². The van der Waals surface area contributed by atoms with Crippen LogP contribution in [0.25, 0.3) is 5.69 Å². The third-order valence-electron chi connectivity index (χ3n) is 7.41. The number of likely N-dealkylation sites (N-methyl/N-ethyl adjacent to an activating group) is 2. The highest BCUT2D eigenvalue weighted by Gasteiger charge is 2.44. The number of hydrogen-bond donors (Lipinski definition) is 2. The van der Waals surface area contributed by atoms with Crippen molar-refractivity contribution < 1.29 is 27.6 Å². The number of benzene rings is 2. The number of halogens is 3. The van der Waals surface area contributed by atoms with Gasteiger partial charge in [0.2, 0.25) is 5.91 Å². The second kappa shape index (κ2) is 13.4. The first-order chi connectivity index (χ1) is 22.0. The number of fused-ring (bicyclic) bond motifs is 1. The lowest BCUT2D eigenvalue weighted by Crippen LogP contribution is -2.55. The third-order valence-corrected chi connectivity index (χ3v) is 7.41. The van der Waals surface area contributed by atoms with Gasteiger partial charge in [-0.05, 0) is 63.0 Å². The largest absolute Gasteiger partial charge is 0.416 e. The minimum atomic E-state index is -4.66. The molecule has 0 unspecified atom stereocenters. The maximum atomic E-state index is 14.2. The highest BCUT2D eigenvalue weighted by Crippen LogP contribution is 2.42. The number of nitrogens with one attached hydrogen (secondary N) is 2. The van der Waals surface area contributed by atoms with Crippen LogP contribution in [0.1, 0.15) is 39.9 Å². The van der Waals surface area contributed by atoms with Crippen molar-refractivity contribution in [3.8, 4) is 5.69 Å². The molecule has 3 amide bonds. The zero-order valence-corrected chi connectivity index (χ0v) is 25.3. The van der Waals surface area contributed by atoms with Crippen molar-refractivity contribution in [3.05, 3.63) is 114 Å². The zero-order valence-electron chi connectivity index (χ0n) is 25.3. The number of nitrogens with zero attached hydrogens (tertiary/aromatic N) is 5. The maximum absolute atomic E-state index is 14.2. The summed E-state index contributed by atoms with van der Waals surface area (Å²) in [6.07, 6.45) is 3.02. The molecular weight excluding hydrogens is 599 g/mol. The van der Waals surface area contributed by atoms with Gasteiger partial charge in [0.05, 0.1) is 29.3 Å². The fourth-order valence-corrected chi connectivity index (χ4v) is 5.33. The van der Waals surface area contributed by atoms with Crippen LogP contribution in [0.15, 0.2) is 91.4 Å². The number of hydrogen-bond acceptors (Lipinski definition) is 6. The van der Waals surface area contributed by atoms with Gasteiger partial charge in [0.1, 0.15) is 11.9 Å². The predicted molar refractivity (Wildman–Crippen MR) is 167 cm³/mol. The van der Waals surface area contributed by atoms with Gasteiger partial charge in [0, 0.05) is 42.4 Å². The monoisotopic (exact) mass is 631 g/mol. The Kier molecular flexibility index (Phi) is 9.33. The SMILES string of the molecule is CCN1C(=O)[C@@H](NC(=O)c2cccc(C(F)(F)F)c2)[C@H](c2cncc(NC(=O)/C=C/CN(C)C)c2)c2cnn(-c3ccccc3)c21. The zero-order chi connectivity index (χ0) is 33.0. The molecule has 10 nitrogen and oxygen atoms in total. The van der Waals surface area contributed by atoms with Crippen LogP contribution >= 0.6 is 0 Å². The molecule has 4 aromatic rings. The minimum Gasteiger partial charge on any atom is -0.339 e. The molecule has 0 bridgehead atoms. The molecule has 238 valence electrons. The summed E-state index contributed by atoms with van der Waals surface area (Å²) in [5, 5.41) is 10.1. The molecule has 0 radical (unpaired) electrons. The molecular formula is C33H32F3N7O3. The number of para-hydroxylation sites is 1. The van der Waals surface area contributed by atoms with Gasteiger partial charge in [-0.1, -0.05) is 30.3 Å². The van der Waals surface area contributed by atoms with Crippen molar-refractivity contribution in [1.29, 1.82) is 0 Å². The Labute approximate surface area is 263 Å². The minimum absolute atomic E-state index is 0.223. The molecule has 1 aliphatic rings. The molecule has 0 saturated carbocycles. The number of rotatable bonds is 9. The molecule has 2 N–H and O–H groups in total. The van der Waals surface area contributed by atoms with Gasteiger partial charge in [-0.3, -0.25) is 24.3 Å². The van der Waals surface area contributed by atoms with Gasteiger partial charge in [-0.25, -0.2) is 4.68 Å². The maximum Gasteiger partial charge on any atom is 0.416 e. The van der Waals surface area contributed by atoms with E-state index in [1.54, 1.807) is 29.9 Å². The number of amides is 3. The summed E-state index contributed by atoms with van der Waals surface area (Å²) < 4.78 is 41.9. The van der Waals surface area contributed by atoms with Gasteiger partial charge < -0.3 is 15.5 Å². The molecule has 1 aliphatic heterocycles. The summed E-state index contributed by atoms with van der Waals surface area (Å²) in [6, 6.07) is 13.6. The number of carbonyl (C=O) groups excluding carboxylic acids is 3. The molecule has 2 aromatic heterocycles. The average Bonchev–Trinajstić information content (AvgIpc) is 3.46. The lowest BCUT2D eigenvalue weighted by Gasteiger charge is -2.38. The summed E-state index contributed by atoms with van der Waals surface area (Å²) in [5.74, 6) is -2.10. The number of carbonyl (C=O) groups is 3. The smallest absolute Gasteiger partial charge is 0.339 e. The predicted octanol–water partition coefficient (Wildman–Crippen LogP) is 4.64. The van der Waals surface area contributed by atoms with E-state index in [4.69, 9.17) is 0 Å². The summed E-state index contributed by atoms with van der Waals surface area (Å²) in [7, 11) is 3.74. The Morgan fingerprint density at radius 2 is 1.78 bits per heavy atom. The van der Waals surface area contributed by atoms with E-state index in [1.165, 1.54) is 29.4 Å². The Morgan fingerprint density at radius 1 is 1.02 bits per heavy atom. The molecule has 5 rings (SSSR count). The van der Waals surface area contributed by atoms with Gasteiger partial charge in [0.15, 0.2) is 0 Å². The normalized spacial score (nSPS) is 16.5. The molecule has 2 atom stereocenters. The number of pyridine rings is 1. The highest BCUT2D eigenvalue weighted by molar-refractivity contribution is 6.05. The lowest BCUT2D eigenvalue weighted by molar-refractivity contribution is -0.137. The lowest BCUT2D eigenvalue weighted by atomic mass is 9.83. The topological polar surface area (TPSA) is 112 Å². The van der Waals surface area contributed by atoms with Crippen molar-refractivity contribution in [2.75, 3.05) is 37.4 Å². The molecule has 3 heterocycles. The Bertz CT molecular complexity index is 1770. The van der Waals surface area contributed by atoms with Crippen LogP contribution in [0.3, 0.4) is 0 Å². The number of alkyl halides is 3. The van der Waals surface area contributed by atoms with Crippen molar-refractivity contribution in [2.45, 2.75) is 25.1 Å². The summed E-state index contributed by atoms with van der Waals surface area (Å²) >= 11 is 0. The first kappa shape index (κ1) is 32.1. The van der Waals surface area contributed by atoms with Crippen LogP contribution in [0.4, 0.5) is 24.7 Å². The van der Waals surface area contributed by atoms with Gasteiger partial charge in [0.25, 0.3) is 11.8 Å².